The van der Waals surface area contributed by atoms with Crippen molar-refractivity contribution in [1.82, 2.24) is 25.3 Å². The van der Waals surface area contributed by atoms with Gasteiger partial charge in [0, 0.05) is 30.4 Å². The lowest BCUT2D eigenvalue weighted by atomic mass is 9.84. The first-order chi connectivity index (χ1) is 15.0. The maximum atomic E-state index is 13.4. The second-order valence-corrected chi connectivity index (χ2v) is 7.61. The molecular formula is C22H19F3N6O. The molecule has 0 radical (unpaired) electrons. The zero-order chi connectivity index (χ0) is 23.5. The molecule has 2 heterocycles. The first-order valence-corrected chi connectivity index (χ1v) is 9.55. The van der Waals surface area contributed by atoms with Crippen molar-refractivity contribution in [2.75, 3.05) is 0 Å². The van der Waals surface area contributed by atoms with Crippen LogP contribution in [0.4, 0.5) is 13.2 Å². The monoisotopic (exact) mass is 440 g/mol. The Morgan fingerprint density at radius 1 is 1.03 bits per heavy atom. The van der Waals surface area contributed by atoms with Crippen molar-refractivity contribution in [1.29, 1.82) is 5.26 Å². The van der Waals surface area contributed by atoms with E-state index in [4.69, 9.17) is 0 Å². The molecule has 0 aliphatic heterocycles. The molecule has 0 spiro atoms. The van der Waals surface area contributed by atoms with Crippen LogP contribution in [0.2, 0.25) is 0 Å². The zero-order valence-electron chi connectivity index (χ0n) is 17.5. The minimum absolute atomic E-state index is 0.0902. The molecule has 32 heavy (non-hydrogen) atoms. The molecule has 0 saturated carbocycles. The minimum Gasteiger partial charge on any atom is -0.344 e. The van der Waals surface area contributed by atoms with Crippen LogP contribution >= 0.6 is 0 Å². The molecule has 1 amide bonds. The lowest BCUT2D eigenvalue weighted by Gasteiger charge is -2.20. The fourth-order valence-electron chi connectivity index (χ4n) is 2.98. The van der Waals surface area contributed by atoms with Gasteiger partial charge in [-0.1, -0.05) is 0 Å². The van der Waals surface area contributed by atoms with Crippen LogP contribution in [0.3, 0.4) is 0 Å². The second-order valence-electron chi connectivity index (χ2n) is 7.61. The molecule has 10 heteroatoms. The summed E-state index contributed by atoms with van der Waals surface area (Å²) in [4.78, 5) is 29.6. The molecule has 7 nitrogen and oxygen atoms in total. The van der Waals surface area contributed by atoms with E-state index >= 15 is 0 Å². The summed E-state index contributed by atoms with van der Waals surface area (Å²) in [5.41, 5.74) is -1.13. The van der Waals surface area contributed by atoms with Crippen LogP contribution in [0.5, 0.6) is 0 Å². The molecule has 0 aliphatic rings. The lowest BCUT2D eigenvalue weighted by Crippen LogP contribution is -2.29. The third-order valence-electron chi connectivity index (χ3n) is 4.81. The molecule has 3 aromatic rings. The van der Waals surface area contributed by atoms with Crippen LogP contribution < -0.4 is 5.32 Å². The van der Waals surface area contributed by atoms with E-state index in [-0.39, 0.29) is 11.1 Å². The topological polar surface area (TPSA) is 104 Å². The quantitative estimate of drug-likeness (QED) is 0.636. The normalized spacial score (nSPS) is 12.7. The number of aromatic nitrogens is 4. The average molecular weight is 440 g/mol. The largest absolute Gasteiger partial charge is 0.416 e. The summed E-state index contributed by atoms with van der Waals surface area (Å²) in [5.74, 6) is -0.741. The molecule has 0 fully saturated rings. The van der Waals surface area contributed by atoms with E-state index in [1.807, 2.05) is 6.07 Å². The SMILES string of the molecule is C[C@H](NC(=O)c1cc(C(F)(F)F)cc(C(C)(C)C#N)c1)c1nccnc1-c1cnccn1. The Morgan fingerprint density at radius 2 is 1.69 bits per heavy atom. The van der Waals surface area contributed by atoms with Gasteiger partial charge >= 0.3 is 6.18 Å². The van der Waals surface area contributed by atoms with E-state index in [0.29, 0.717) is 17.1 Å². The number of alkyl halides is 3. The summed E-state index contributed by atoms with van der Waals surface area (Å²) in [6.07, 6.45) is 2.70. The van der Waals surface area contributed by atoms with Crippen molar-refractivity contribution < 1.29 is 18.0 Å². The highest BCUT2D eigenvalue weighted by Crippen LogP contribution is 2.34. The number of hydrogen-bond donors (Lipinski definition) is 1. The van der Waals surface area contributed by atoms with Gasteiger partial charge in [0.2, 0.25) is 0 Å². The van der Waals surface area contributed by atoms with Gasteiger partial charge in [-0.3, -0.25) is 24.7 Å². The van der Waals surface area contributed by atoms with E-state index in [1.165, 1.54) is 50.9 Å². The van der Waals surface area contributed by atoms with E-state index in [1.54, 1.807) is 6.92 Å². The molecule has 1 N–H and O–H groups in total. The number of benzene rings is 1. The summed E-state index contributed by atoms with van der Waals surface area (Å²) in [6, 6.07) is 4.21. The number of rotatable bonds is 5. The summed E-state index contributed by atoms with van der Waals surface area (Å²) in [6.45, 7) is 4.61. The summed E-state index contributed by atoms with van der Waals surface area (Å²) in [7, 11) is 0. The van der Waals surface area contributed by atoms with Gasteiger partial charge in [0.1, 0.15) is 11.4 Å². The Morgan fingerprint density at radius 3 is 2.31 bits per heavy atom. The minimum atomic E-state index is -4.67. The number of amides is 1. The summed E-state index contributed by atoms with van der Waals surface area (Å²) < 4.78 is 40.3. The number of nitrogens with one attached hydrogen (secondary N) is 1. The van der Waals surface area contributed by atoms with Crippen molar-refractivity contribution in [3.8, 4) is 17.5 Å². The van der Waals surface area contributed by atoms with Crippen LogP contribution in [0.15, 0.2) is 49.2 Å². The van der Waals surface area contributed by atoms with E-state index < -0.39 is 29.1 Å². The van der Waals surface area contributed by atoms with Crippen LogP contribution in [-0.2, 0) is 11.6 Å². The molecular weight excluding hydrogens is 421 g/mol. The highest BCUT2D eigenvalue weighted by atomic mass is 19.4. The summed E-state index contributed by atoms with van der Waals surface area (Å²) in [5, 5.41) is 12.0. The molecule has 0 unspecified atom stereocenters. The number of nitriles is 1. The standard InChI is InChI=1S/C22H19F3N6O/c1-13(18-19(30-7-6-29-18)17-11-27-4-5-28-17)31-20(32)14-8-15(21(2,3)12-26)10-16(9-14)22(23,24)25/h4-11,13H,1-3H3,(H,31,32)/t13-/m0/s1. The highest BCUT2D eigenvalue weighted by Gasteiger charge is 2.34. The van der Waals surface area contributed by atoms with Gasteiger partial charge < -0.3 is 5.32 Å². The number of hydrogen-bond acceptors (Lipinski definition) is 6. The first kappa shape index (κ1) is 22.8. The van der Waals surface area contributed by atoms with Crippen LogP contribution in [0.1, 0.15) is 54.0 Å². The Kier molecular flexibility index (Phi) is 6.20. The molecule has 0 saturated heterocycles. The van der Waals surface area contributed by atoms with Gasteiger partial charge in [-0.25, -0.2) is 0 Å². The van der Waals surface area contributed by atoms with Crippen LogP contribution in [0, 0.1) is 11.3 Å². The second kappa shape index (κ2) is 8.70. The fourth-order valence-corrected chi connectivity index (χ4v) is 2.98. The molecule has 3 rings (SSSR count). The van der Waals surface area contributed by atoms with E-state index in [2.05, 4.69) is 25.3 Å². The molecule has 164 valence electrons. The molecule has 2 aromatic heterocycles. The maximum absolute atomic E-state index is 13.4. The van der Waals surface area contributed by atoms with Crippen molar-refractivity contribution >= 4 is 5.91 Å². The third kappa shape index (κ3) is 4.88. The van der Waals surface area contributed by atoms with Gasteiger partial charge in [-0.15, -0.1) is 0 Å². The van der Waals surface area contributed by atoms with Crippen LogP contribution in [-0.4, -0.2) is 25.8 Å². The predicted octanol–water partition coefficient (Wildman–Crippen LogP) is 4.24. The smallest absolute Gasteiger partial charge is 0.344 e. The number of nitrogens with zero attached hydrogens (tertiary/aromatic N) is 5. The Labute approximate surface area is 182 Å². The Bertz CT molecular complexity index is 1170. The van der Waals surface area contributed by atoms with Crippen molar-refractivity contribution in [2.24, 2.45) is 0 Å². The Hall–Kier alpha value is -3.87. The third-order valence-corrected chi connectivity index (χ3v) is 4.81. The summed E-state index contributed by atoms with van der Waals surface area (Å²) >= 11 is 0. The molecule has 0 bridgehead atoms. The van der Waals surface area contributed by atoms with Gasteiger partial charge in [-0.2, -0.15) is 18.4 Å². The number of halogens is 3. The van der Waals surface area contributed by atoms with Gasteiger partial charge in [0.05, 0.1) is 35.0 Å². The van der Waals surface area contributed by atoms with Crippen molar-refractivity contribution in [3.63, 3.8) is 0 Å². The van der Waals surface area contributed by atoms with Gasteiger partial charge in [0.15, 0.2) is 0 Å². The number of carbonyl (C=O) groups excluding carboxylic acids is 1. The highest BCUT2D eigenvalue weighted by molar-refractivity contribution is 5.95. The van der Waals surface area contributed by atoms with Gasteiger partial charge in [0.25, 0.3) is 5.91 Å². The predicted molar refractivity (Wildman–Crippen MR) is 109 cm³/mol. The van der Waals surface area contributed by atoms with E-state index in [0.717, 1.165) is 12.1 Å². The van der Waals surface area contributed by atoms with Gasteiger partial charge in [-0.05, 0) is 44.5 Å². The first-order valence-electron chi connectivity index (χ1n) is 9.55. The zero-order valence-corrected chi connectivity index (χ0v) is 17.5. The maximum Gasteiger partial charge on any atom is 0.416 e. The van der Waals surface area contributed by atoms with Crippen molar-refractivity contribution in [2.45, 2.75) is 38.4 Å². The van der Waals surface area contributed by atoms with E-state index in [9.17, 15) is 23.2 Å². The molecule has 0 aliphatic carbocycles. The number of carbonyl (C=O) groups is 1. The molecule has 1 atom stereocenters. The van der Waals surface area contributed by atoms with Crippen molar-refractivity contribution in [3.05, 3.63) is 71.6 Å². The van der Waals surface area contributed by atoms with Crippen LogP contribution in [0.25, 0.3) is 11.4 Å². The lowest BCUT2D eigenvalue weighted by molar-refractivity contribution is -0.137. The Balaban J connectivity index is 1.96. The average Bonchev–Trinajstić information content (AvgIpc) is 2.78. The fraction of sp³-hybridized carbons (Fsp3) is 0.273. The molecule has 1 aromatic carbocycles.